The Labute approximate surface area is 490 Å². The maximum atomic E-state index is 2.29. The molecule has 0 fully saturated rings. The van der Waals surface area contributed by atoms with Gasteiger partial charge in [0.15, 0.2) is 0 Å². The third-order valence-corrected chi connectivity index (χ3v) is 11.7. The Morgan fingerprint density at radius 3 is 0.825 bits per heavy atom. The molecule has 1 aliphatic carbocycles. The van der Waals surface area contributed by atoms with Gasteiger partial charge in [0.2, 0.25) is 0 Å². The largest absolute Gasteiger partial charge is 0.0808 e. The Hall–Kier alpha value is -6.76. The van der Waals surface area contributed by atoms with Gasteiger partial charge in [-0.3, -0.25) is 0 Å². The van der Waals surface area contributed by atoms with E-state index >= 15 is 0 Å². The maximum Gasteiger partial charge on any atom is -0.0120 e. The van der Waals surface area contributed by atoms with E-state index in [0.717, 1.165) is 6.42 Å². The van der Waals surface area contributed by atoms with Crippen LogP contribution < -0.4 is 0 Å². The zero-order valence-corrected chi connectivity index (χ0v) is 53.9. The first-order valence-electron chi connectivity index (χ1n) is 29.1. The molecule has 0 saturated carbocycles. The van der Waals surface area contributed by atoms with Crippen molar-refractivity contribution in [1.29, 1.82) is 0 Å². The van der Waals surface area contributed by atoms with Crippen LogP contribution in [0.4, 0.5) is 0 Å². The molecule has 0 spiro atoms. The molecule has 1 aliphatic rings. The third-order valence-electron chi connectivity index (χ3n) is 11.7. The molecule has 0 unspecified atom stereocenters. The van der Waals surface area contributed by atoms with Crippen molar-refractivity contribution >= 4 is 32.3 Å². The summed E-state index contributed by atoms with van der Waals surface area (Å²) in [6.07, 6.45) is 9.50. The predicted octanol–water partition coefficient (Wildman–Crippen LogP) is 24.7. The Balaban J connectivity index is 0.000000320. The molecule has 0 radical (unpaired) electrons. The first-order valence-corrected chi connectivity index (χ1v) is 29.1. The Kier molecular flexibility index (Phi) is 29.2. The molecule has 0 N–H and O–H groups in total. The van der Waals surface area contributed by atoms with Gasteiger partial charge in [0, 0.05) is 0 Å². The van der Waals surface area contributed by atoms with Gasteiger partial charge in [-0.05, 0) is 106 Å². The lowest BCUT2D eigenvalue weighted by Gasteiger charge is -2.24. The van der Waals surface area contributed by atoms with Crippen LogP contribution in [0.5, 0.6) is 0 Å². The van der Waals surface area contributed by atoms with Crippen LogP contribution in [0.3, 0.4) is 0 Å². The van der Waals surface area contributed by atoms with E-state index in [0.29, 0.717) is 21.7 Å². The molecule has 0 heteroatoms. The highest BCUT2D eigenvalue weighted by molar-refractivity contribution is 6.03. The van der Waals surface area contributed by atoms with Crippen LogP contribution >= 0.6 is 0 Å². The Bertz CT molecular complexity index is 2920. The van der Waals surface area contributed by atoms with E-state index in [-0.39, 0.29) is 10.8 Å². The first kappa shape index (κ1) is 69.3. The third kappa shape index (κ3) is 30.6. The summed E-state index contributed by atoms with van der Waals surface area (Å²) in [5.41, 5.74) is 8.96. The minimum atomic E-state index is 0.153. The van der Waals surface area contributed by atoms with E-state index in [1.54, 1.807) is 0 Å². The molecule has 0 atom stereocenters. The zero-order chi connectivity index (χ0) is 60.0. The summed E-state index contributed by atoms with van der Waals surface area (Å²) in [6, 6.07) is 78.2. The average molecular weight is 1070 g/mol. The van der Waals surface area contributed by atoms with Crippen molar-refractivity contribution in [2.75, 3.05) is 0 Å². The summed E-state index contributed by atoms with van der Waals surface area (Å²) in [6.45, 7) is 46.6. The van der Waals surface area contributed by atoms with Crippen LogP contribution in [0.1, 0.15) is 173 Å². The molecule has 9 aromatic carbocycles. The molecule has 80 heavy (non-hydrogen) atoms. The van der Waals surface area contributed by atoms with Crippen molar-refractivity contribution < 1.29 is 0 Å². The smallest absolute Gasteiger partial charge is 0.0120 e. The molecule has 426 valence electrons. The number of rotatable bonds is 0. The highest BCUT2D eigenvalue weighted by Gasteiger charge is 2.20. The molecule has 0 aromatic heterocycles. The van der Waals surface area contributed by atoms with Crippen molar-refractivity contribution in [3.8, 4) is 0 Å². The van der Waals surface area contributed by atoms with Crippen molar-refractivity contribution in [2.24, 2.45) is 10.8 Å². The van der Waals surface area contributed by atoms with Gasteiger partial charge in [0.25, 0.3) is 0 Å². The lowest BCUT2D eigenvalue weighted by molar-refractivity contribution is 0.469. The van der Waals surface area contributed by atoms with Gasteiger partial charge < -0.3 is 0 Å². The Morgan fingerprint density at radius 2 is 0.550 bits per heavy atom. The monoisotopic (exact) mass is 1070 g/mol. The van der Waals surface area contributed by atoms with E-state index < -0.39 is 0 Å². The molecule has 0 nitrogen and oxygen atoms in total. The average Bonchev–Trinajstić information content (AvgIpc) is 3.99. The zero-order valence-electron chi connectivity index (χ0n) is 53.9. The molecule has 0 bridgehead atoms. The molecular weight excluding hydrogens is 961 g/mol. The summed E-state index contributed by atoms with van der Waals surface area (Å²) in [5.74, 6) is 0. The maximum absolute atomic E-state index is 2.29. The number of aryl methyl sites for hydroxylation is 1. The second-order valence-electron chi connectivity index (χ2n) is 27.9. The normalized spacial score (nSPS) is 11.7. The van der Waals surface area contributed by atoms with Crippen molar-refractivity contribution in [1.82, 2.24) is 0 Å². The van der Waals surface area contributed by atoms with Gasteiger partial charge >= 0.3 is 0 Å². The minimum absolute atomic E-state index is 0.153. The summed E-state index contributed by atoms with van der Waals surface area (Å²) in [4.78, 5) is 0. The molecule has 9 aromatic rings. The lowest BCUT2D eigenvalue weighted by Crippen LogP contribution is -2.12. The minimum Gasteiger partial charge on any atom is -0.0808 e. The van der Waals surface area contributed by atoms with Gasteiger partial charge in [-0.1, -0.05) is 387 Å². The van der Waals surface area contributed by atoms with E-state index in [4.69, 9.17) is 0 Å². The predicted molar refractivity (Wildman–Crippen MR) is 364 cm³/mol. The fourth-order valence-electron chi connectivity index (χ4n) is 7.89. The quantitative estimate of drug-likeness (QED) is 0.133. The summed E-state index contributed by atoms with van der Waals surface area (Å²) < 4.78 is 0. The van der Waals surface area contributed by atoms with Crippen molar-refractivity contribution in [2.45, 2.75) is 173 Å². The lowest BCUT2D eigenvalue weighted by atomic mass is 9.80. The van der Waals surface area contributed by atoms with Crippen LogP contribution in [-0.2, 0) is 21.7 Å². The van der Waals surface area contributed by atoms with E-state index in [2.05, 4.69) is 340 Å². The standard InChI is InChI=1S/C18H18.C14H16.2C10H14.C7H8.C6H6.C5H6.2C5H12/c1-18(2,3)17-15-10-6-4-8-13(15)12-14-9-5-7-11-16(14)17;1-14(2,3)13-10-6-8-11-7-4-5-9-12(11)13;2*1-10(2,3)9-7-5-4-6-8-9;1-7-5-3-2-4-6-7;1-2-4-6-5-3-1;1-2-4-5-3-1;2*1-5(2,3)4/h4-12H,1-3H3;4-10H,1-3H3;2*4-8H,1-3H3;2-6H,1H3;1-6H;1-4H,5H2;2*1-4H3. The first-order chi connectivity index (χ1) is 37.3. The van der Waals surface area contributed by atoms with Crippen LogP contribution in [0, 0.1) is 17.8 Å². The summed E-state index contributed by atoms with van der Waals surface area (Å²) >= 11 is 0. The van der Waals surface area contributed by atoms with Gasteiger partial charge in [0.05, 0.1) is 0 Å². The van der Waals surface area contributed by atoms with Crippen molar-refractivity contribution in [3.63, 3.8) is 0 Å². The number of fused-ring (bicyclic) bond motifs is 3. The Morgan fingerprint density at radius 1 is 0.263 bits per heavy atom. The van der Waals surface area contributed by atoms with Gasteiger partial charge in [-0.15, -0.1) is 0 Å². The molecule has 10 rings (SSSR count). The number of hydrogen-bond acceptors (Lipinski definition) is 0. The highest BCUT2D eigenvalue weighted by atomic mass is 14.2. The second kappa shape index (κ2) is 33.7. The van der Waals surface area contributed by atoms with Crippen LogP contribution in [-0.4, -0.2) is 0 Å². The summed E-state index contributed by atoms with van der Waals surface area (Å²) in [7, 11) is 0. The van der Waals surface area contributed by atoms with Gasteiger partial charge in [-0.25, -0.2) is 0 Å². The van der Waals surface area contributed by atoms with Crippen molar-refractivity contribution in [3.05, 3.63) is 277 Å². The van der Waals surface area contributed by atoms with Crippen LogP contribution in [0.15, 0.2) is 249 Å². The fourth-order valence-corrected chi connectivity index (χ4v) is 7.89. The molecule has 0 amide bonds. The number of allylic oxidation sites excluding steroid dienone is 4. The van der Waals surface area contributed by atoms with E-state index in [1.807, 2.05) is 54.6 Å². The second-order valence-corrected chi connectivity index (χ2v) is 27.9. The molecular formula is C80H106. The molecule has 0 aliphatic heterocycles. The topological polar surface area (TPSA) is 0 Å². The highest BCUT2D eigenvalue weighted by Crippen LogP contribution is 2.37. The van der Waals surface area contributed by atoms with Gasteiger partial charge in [-0.2, -0.15) is 0 Å². The number of hydrogen-bond donors (Lipinski definition) is 0. The fraction of sp³-hybridized carbons (Fsp3) is 0.350. The van der Waals surface area contributed by atoms with E-state index in [1.165, 1.54) is 60.1 Å². The molecule has 0 saturated heterocycles. The number of benzene rings is 9. The van der Waals surface area contributed by atoms with Gasteiger partial charge in [0.1, 0.15) is 0 Å². The SMILES string of the molecule is C1=CCC=C1.CC(C)(C)C.CC(C)(C)C.CC(C)(C)c1c2ccccc2cc2ccccc12.CC(C)(C)c1cccc2ccccc12.CC(C)(C)c1ccccc1.CC(C)(C)c1ccccc1.Cc1ccccc1.c1ccccc1. The molecule has 0 heterocycles. The van der Waals surface area contributed by atoms with Crippen LogP contribution in [0.2, 0.25) is 0 Å². The summed E-state index contributed by atoms with van der Waals surface area (Å²) in [5, 5.41) is 8.14. The van der Waals surface area contributed by atoms with E-state index in [9.17, 15) is 0 Å². The van der Waals surface area contributed by atoms with Crippen LogP contribution in [0.25, 0.3) is 32.3 Å².